The van der Waals surface area contributed by atoms with Crippen LogP contribution < -0.4 is 5.32 Å². The van der Waals surface area contributed by atoms with E-state index in [1.54, 1.807) is 0 Å². The van der Waals surface area contributed by atoms with Crippen molar-refractivity contribution in [2.75, 3.05) is 6.54 Å². The van der Waals surface area contributed by atoms with Crippen LogP contribution in [0.4, 0.5) is 0 Å². The molecule has 0 fully saturated rings. The fraction of sp³-hybridized carbons (Fsp3) is 0.562. The van der Waals surface area contributed by atoms with E-state index < -0.39 is 11.5 Å². The summed E-state index contributed by atoms with van der Waals surface area (Å²) in [7, 11) is 0. The number of aliphatic carboxylic acids is 1. The van der Waals surface area contributed by atoms with Gasteiger partial charge in [-0.3, -0.25) is 4.79 Å². The second kappa shape index (κ2) is 7.29. The van der Waals surface area contributed by atoms with Crippen LogP contribution in [0, 0.1) is 0 Å². The molecule has 3 heteroatoms. The molecule has 2 N–H and O–H groups in total. The Labute approximate surface area is 116 Å². The number of carbonyl (C=O) groups is 1. The summed E-state index contributed by atoms with van der Waals surface area (Å²) in [5, 5.41) is 12.6. The van der Waals surface area contributed by atoms with Crippen LogP contribution >= 0.6 is 0 Å². The summed E-state index contributed by atoms with van der Waals surface area (Å²) in [4.78, 5) is 11.2. The molecular weight excluding hydrogens is 238 g/mol. The molecule has 1 aromatic carbocycles. The van der Waals surface area contributed by atoms with Crippen molar-refractivity contribution >= 4 is 5.97 Å². The SMILES string of the molecule is CCCNC(CC)(CC(=O)O)c1ccc(CC)cc1. The van der Waals surface area contributed by atoms with E-state index in [1.807, 2.05) is 6.92 Å². The molecule has 0 aliphatic rings. The maximum absolute atomic E-state index is 11.2. The molecule has 0 radical (unpaired) electrons. The van der Waals surface area contributed by atoms with Crippen molar-refractivity contribution in [3.05, 3.63) is 35.4 Å². The minimum atomic E-state index is -0.759. The summed E-state index contributed by atoms with van der Waals surface area (Å²) in [6, 6.07) is 8.31. The van der Waals surface area contributed by atoms with Crippen molar-refractivity contribution in [3.63, 3.8) is 0 Å². The zero-order valence-corrected chi connectivity index (χ0v) is 12.2. The monoisotopic (exact) mass is 263 g/mol. The zero-order valence-electron chi connectivity index (χ0n) is 12.2. The molecule has 0 aliphatic heterocycles. The van der Waals surface area contributed by atoms with Crippen molar-refractivity contribution < 1.29 is 9.90 Å². The highest BCUT2D eigenvalue weighted by Crippen LogP contribution is 2.29. The van der Waals surface area contributed by atoms with Crippen LogP contribution in [-0.4, -0.2) is 17.6 Å². The van der Waals surface area contributed by atoms with Crippen LogP contribution in [0.5, 0.6) is 0 Å². The predicted molar refractivity (Wildman–Crippen MR) is 78.3 cm³/mol. The van der Waals surface area contributed by atoms with Gasteiger partial charge in [-0.05, 0) is 36.9 Å². The van der Waals surface area contributed by atoms with Gasteiger partial charge in [-0.1, -0.05) is 45.0 Å². The molecule has 1 unspecified atom stereocenters. The van der Waals surface area contributed by atoms with Gasteiger partial charge in [0.2, 0.25) is 0 Å². The highest BCUT2D eigenvalue weighted by molar-refractivity contribution is 5.69. The largest absolute Gasteiger partial charge is 0.481 e. The lowest BCUT2D eigenvalue weighted by Crippen LogP contribution is -2.44. The smallest absolute Gasteiger partial charge is 0.305 e. The lowest BCUT2D eigenvalue weighted by atomic mass is 9.83. The highest BCUT2D eigenvalue weighted by atomic mass is 16.4. The Morgan fingerprint density at radius 3 is 2.26 bits per heavy atom. The summed E-state index contributed by atoms with van der Waals surface area (Å²) in [5.41, 5.74) is 1.90. The molecule has 1 aromatic rings. The number of carboxylic acids is 1. The van der Waals surface area contributed by atoms with E-state index in [9.17, 15) is 9.90 Å². The lowest BCUT2D eigenvalue weighted by Gasteiger charge is -2.33. The van der Waals surface area contributed by atoms with E-state index >= 15 is 0 Å². The Morgan fingerprint density at radius 2 is 1.84 bits per heavy atom. The molecule has 0 heterocycles. The molecule has 3 nitrogen and oxygen atoms in total. The first-order valence-electron chi connectivity index (χ1n) is 7.14. The van der Waals surface area contributed by atoms with Crippen LogP contribution in [-0.2, 0) is 16.8 Å². The van der Waals surface area contributed by atoms with E-state index in [-0.39, 0.29) is 6.42 Å². The van der Waals surface area contributed by atoms with Gasteiger partial charge in [0.05, 0.1) is 12.0 Å². The average Bonchev–Trinajstić information content (AvgIpc) is 2.43. The Hall–Kier alpha value is -1.35. The van der Waals surface area contributed by atoms with Crippen LogP contribution in [0.25, 0.3) is 0 Å². The number of nitrogens with one attached hydrogen (secondary N) is 1. The highest BCUT2D eigenvalue weighted by Gasteiger charge is 2.32. The van der Waals surface area contributed by atoms with Gasteiger partial charge in [0, 0.05) is 0 Å². The first-order chi connectivity index (χ1) is 9.07. The van der Waals surface area contributed by atoms with Gasteiger partial charge in [0.25, 0.3) is 0 Å². The summed E-state index contributed by atoms with van der Waals surface area (Å²) in [6.07, 6.45) is 2.88. The van der Waals surface area contributed by atoms with E-state index in [2.05, 4.69) is 43.4 Å². The molecule has 0 spiro atoms. The molecule has 106 valence electrons. The maximum Gasteiger partial charge on any atom is 0.305 e. The second-order valence-corrected chi connectivity index (χ2v) is 4.98. The molecule has 0 saturated carbocycles. The average molecular weight is 263 g/mol. The van der Waals surface area contributed by atoms with E-state index in [0.717, 1.165) is 31.4 Å². The Morgan fingerprint density at radius 1 is 1.21 bits per heavy atom. The molecule has 0 aliphatic carbocycles. The van der Waals surface area contributed by atoms with Gasteiger partial charge in [-0.2, -0.15) is 0 Å². The predicted octanol–water partition coefficient (Wildman–Crippen LogP) is 3.33. The fourth-order valence-electron chi connectivity index (χ4n) is 2.40. The quantitative estimate of drug-likeness (QED) is 0.756. The topological polar surface area (TPSA) is 49.3 Å². The fourth-order valence-corrected chi connectivity index (χ4v) is 2.40. The van der Waals surface area contributed by atoms with Crippen LogP contribution in [0.15, 0.2) is 24.3 Å². The first-order valence-corrected chi connectivity index (χ1v) is 7.14. The van der Waals surface area contributed by atoms with Gasteiger partial charge in [-0.15, -0.1) is 0 Å². The number of rotatable bonds is 8. The Kier molecular flexibility index (Phi) is 6.03. The van der Waals surface area contributed by atoms with Gasteiger partial charge in [-0.25, -0.2) is 0 Å². The lowest BCUT2D eigenvalue weighted by molar-refractivity contribution is -0.139. The third-order valence-electron chi connectivity index (χ3n) is 3.68. The van der Waals surface area contributed by atoms with E-state index in [4.69, 9.17) is 0 Å². The van der Waals surface area contributed by atoms with Crippen LogP contribution in [0.1, 0.15) is 51.2 Å². The van der Waals surface area contributed by atoms with Crippen molar-refractivity contribution in [2.24, 2.45) is 0 Å². The van der Waals surface area contributed by atoms with Crippen molar-refractivity contribution in [1.29, 1.82) is 0 Å². The van der Waals surface area contributed by atoms with E-state index in [1.165, 1.54) is 5.56 Å². The molecule has 19 heavy (non-hydrogen) atoms. The molecule has 0 saturated heterocycles. The standard InChI is InChI=1S/C16H25NO2/c1-4-11-17-16(6-3,12-15(18)19)14-9-7-13(5-2)8-10-14/h7-10,17H,4-6,11-12H2,1-3H3,(H,18,19). The summed E-state index contributed by atoms with van der Waals surface area (Å²) >= 11 is 0. The first kappa shape index (κ1) is 15.7. The zero-order chi connectivity index (χ0) is 14.3. The third-order valence-corrected chi connectivity index (χ3v) is 3.68. The van der Waals surface area contributed by atoms with Gasteiger partial charge in [0.1, 0.15) is 0 Å². The molecule has 1 atom stereocenters. The Bertz CT molecular complexity index is 400. The molecule has 0 amide bonds. The number of hydrogen-bond donors (Lipinski definition) is 2. The van der Waals surface area contributed by atoms with Gasteiger partial charge >= 0.3 is 5.97 Å². The van der Waals surface area contributed by atoms with Crippen LogP contribution in [0.3, 0.4) is 0 Å². The minimum absolute atomic E-state index is 0.120. The molecule has 0 bridgehead atoms. The van der Waals surface area contributed by atoms with E-state index in [0.29, 0.717) is 0 Å². The van der Waals surface area contributed by atoms with Crippen LogP contribution in [0.2, 0.25) is 0 Å². The summed E-state index contributed by atoms with van der Waals surface area (Å²) in [5.74, 6) is -0.759. The number of hydrogen-bond acceptors (Lipinski definition) is 2. The Balaban J connectivity index is 3.07. The van der Waals surface area contributed by atoms with Crippen molar-refractivity contribution in [3.8, 4) is 0 Å². The maximum atomic E-state index is 11.2. The van der Waals surface area contributed by atoms with Crippen molar-refractivity contribution in [1.82, 2.24) is 5.32 Å². The minimum Gasteiger partial charge on any atom is -0.481 e. The van der Waals surface area contributed by atoms with Gasteiger partial charge < -0.3 is 10.4 Å². The molecular formula is C16H25NO2. The summed E-state index contributed by atoms with van der Waals surface area (Å²) < 4.78 is 0. The third kappa shape index (κ3) is 4.06. The summed E-state index contributed by atoms with van der Waals surface area (Å²) in [6.45, 7) is 7.08. The number of aryl methyl sites for hydroxylation is 1. The molecule has 0 aromatic heterocycles. The number of benzene rings is 1. The second-order valence-electron chi connectivity index (χ2n) is 4.98. The number of carboxylic acid groups (broad SMARTS) is 1. The molecule has 1 rings (SSSR count). The normalized spacial score (nSPS) is 14.1. The van der Waals surface area contributed by atoms with Crippen molar-refractivity contribution in [2.45, 2.75) is 52.0 Å². The van der Waals surface area contributed by atoms with Gasteiger partial charge in [0.15, 0.2) is 0 Å².